The maximum atomic E-state index is 14.4. The third kappa shape index (κ3) is 6.59. The zero-order chi connectivity index (χ0) is 26.2. The van der Waals surface area contributed by atoms with Crippen molar-refractivity contribution in [2.24, 2.45) is 0 Å². The first-order valence-electron chi connectivity index (χ1n) is 11.5. The van der Waals surface area contributed by atoms with Gasteiger partial charge in [-0.1, -0.05) is 0 Å². The summed E-state index contributed by atoms with van der Waals surface area (Å²) < 4.78 is 24.9. The Morgan fingerprint density at radius 3 is 2.58 bits per heavy atom. The van der Waals surface area contributed by atoms with Crippen LogP contribution in [0.3, 0.4) is 0 Å². The number of carbonyl (C=O) groups is 2. The molecule has 0 saturated carbocycles. The number of cyclic esters (lactones) is 1. The van der Waals surface area contributed by atoms with Gasteiger partial charge in [-0.25, -0.2) is 9.18 Å². The molecule has 4 rings (SSSR count). The number of hydrogen-bond donors (Lipinski definition) is 4. The fourth-order valence-electron chi connectivity index (χ4n) is 3.82. The van der Waals surface area contributed by atoms with Crippen LogP contribution in [0.2, 0.25) is 0 Å². The Hall–Kier alpha value is -3.48. The Balaban J connectivity index is 0.000000253. The molecule has 2 saturated heterocycles. The lowest BCUT2D eigenvalue weighted by molar-refractivity contribution is -0.119. The van der Waals surface area contributed by atoms with Crippen LogP contribution in [0.25, 0.3) is 0 Å². The maximum absolute atomic E-state index is 14.4. The van der Waals surface area contributed by atoms with Gasteiger partial charge in [0, 0.05) is 37.3 Å². The molecule has 196 valence electrons. The zero-order valence-electron chi connectivity index (χ0n) is 20.2. The summed E-state index contributed by atoms with van der Waals surface area (Å²) in [5, 5.41) is 29.6. The molecule has 0 unspecified atom stereocenters. The van der Waals surface area contributed by atoms with Gasteiger partial charge in [0.1, 0.15) is 17.7 Å². The lowest BCUT2D eigenvalue weighted by atomic mass is 10.1. The van der Waals surface area contributed by atoms with Crippen LogP contribution < -0.4 is 15.1 Å². The van der Waals surface area contributed by atoms with Crippen molar-refractivity contribution in [2.75, 3.05) is 49.2 Å². The number of hydrogen-bond acceptors (Lipinski definition) is 9. The molecule has 2 aliphatic rings. The molecule has 0 aliphatic carbocycles. The van der Waals surface area contributed by atoms with Gasteiger partial charge in [-0.2, -0.15) is 0 Å². The monoisotopic (exact) mass is 506 g/mol. The molecule has 1 aromatic carbocycles. The molecule has 3 heterocycles. The number of nitrogens with zero attached hydrogens (tertiary/aromatic N) is 3. The Morgan fingerprint density at radius 1 is 1.25 bits per heavy atom. The molecular weight excluding hydrogens is 475 g/mol. The highest BCUT2D eigenvalue weighted by molar-refractivity contribution is 5.90. The molecule has 2 aliphatic heterocycles. The lowest BCUT2D eigenvalue weighted by Gasteiger charge is -2.29. The van der Waals surface area contributed by atoms with Crippen LogP contribution in [0.15, 0.2) is 24.4 Å². The van der Waals surface area contributed by atoms with Crippen molar-refractivity contribution >= 4 is 23.4 Å². The third-order valence-corrected chi connectivity index (χ3v) is 5.81. The van der Waals surface area contributed by atoms with Crippen molar-refractivity contribution in [2.45, 2.75) is 33.2 Å². The second-order valence-corrected chi connectivity index (χ2v) is 8.30. The minimum absolute atomic E-state index is 0.0379. The first-order chi connectivity index (χ1) is 17.2. The molecule has 2 aromatic rings. The normalized spacial score (nSPS) is 17.4. The topological polar surface area (TPSA) is 145 Å². The van der Waals surface area contributed by atoms with E-state index in [1.54, 1.807) is 19.1 Å². The molecule has 12 heteroatoms. The van der Waals surface area contributed by atoms with E-state index < -0.39 is 12.2 Å². The van der Waals surface area contributed by atoms with E-state index in [1.807, 2.05) is 4.90 Å². The van der Waals surface area contributed by atoms with Crippen molar-refractivity contribution in [1.82, 2.24) is 10.3 Å². The van der Waals surface area contributed by atoms with E-state index >= 15 is 0 Å². The number of aromatic hydroxyl groups is 1. The predicted molar refractivity (Wildman–Crippen MR) is 128 cm³/mol. The average molecular weight is 507 g/mol. The van der Waals surface area contributed by atoms with Gasteiger partial charge in [0.15, 0.2) is 0 Å². The number of aliphatic hydroxyl groups is 2. The summed E-state index contributed by atoms with van der Waals surface area (Å²) in [5.41, 5.74) is 2.21. The molecule has 0 radical (unpaired) electrons. The van der Waals surface area contributed by atoms with Crippen LogP contribution >= 0.6 is 0 Å². The molecular formula is C24H31FN4O7. The molecule has 0 spiro atoms. The average Bonchev–Trinajstić information content (AvgIpc) is 3.25. The smallest absolute Gasteiger partial charge is 0.414 e. The number of aliphatic hydroxyl groups excluding tert-OH is 2. The number of ether oxygens (including phenoxy) is 2. The second kappa shape index (κ2) is 12.5. The summed E-state index contributed by atoms with van der Waals surface area (Å²) >= 11 is 0. The molecule has 11 nitrogen and oxygen atoms in total. The van der Waals surface area contributed by atoms with Crippen LogP contribution in [0.5, 0.6) is 5.75 Å². The number of rotatable bonds is 6. The van der Waals surface area contributed by atoms with Gasteiger partial charge >= 0.3 is 6.09 Å². The van der Waals surface area contributed by atoms with Gasteiger partial charge in [0.25, 0.3) is 0 Å². The van der Waals surface area contributed by atoms with Gasteiger partial charge in [0.2, 0.25) is 5.91 Å². The van der Waals surface area contributed by atoms with E-state index in [-0.39, 0.29) is 43.8 Å². The number of benzene rings is 1. The van der Waals surface area contributed by atoms with Crippen molar-refractivity contribution in [3.63, 3.8) is 0 Å². The van der Waals surface area contributed by atoms with Crippen LogP contribution in [-0.4, -0.2) is 77.8 Å². The number of morpholine rings is 1. The SMILES string of the molecule is CC(=O)NC[C@H]1CN(c2ccc(N3CCOCC3)c(F)c2)C(=O)O1.Cc1ncc(CO)c(CO)c1O. The number of amides is 2. The predicted octanol–water partition coefficient (Wildman–Crippen LogP) is 1.20. The molecule has 36 heavy (non-hydrogen) atoms. The molecule has 4 N–H and O–H groups in total. The minimum Gasteiger partial charge on any atom is -0.506 e. The Labute approximate surface area is 208 Å². The van der Waals surface area contributed by atoms with E-state index in [2.05, 4.69) is 10.3 Å². The summed E-state index contributed by atoms with van der Waals surface area (Å²) in [5.74, 6) is -0.609. The molecule has 0 bridgehead atoms. The van der Waals surface area contributed by atoms with E-state index in [4.69, 9.17) is 19.7 Å². The summed E-state index contributed by atoms with van der Waals surface area (Å²) in [6, 6.07) is 4.72. The number of anilines is 2. The number of nitrogens with one attached hydrogen (secondary N) is 1. The fraction of sp³-hybridized carbons (Fsp3) is 0.458. The van der Waals surface area contributed by atoms with Crippen LogP contribution in [0.4, 0.5) is 20.6 Å². The maximum Gasteiger partial charge on any atom is 0.414 e. The summed E-state index contributed by atoms with van der Waals surface area (Å²) in [6.45, 7) is 5.46. The summed E-state index contributed by atoms with van der Waals surface area (Å²) in [7, 11) is 0. The zero-order valence-corrected chi connectivity index (χ0v) is 20.2. The quantitative estimate of drug-likeness (QED) is 0.454. The van der Waals surface area contributed by atoms with Gasteiger partial charge in [0.05, 0.1) is 56.6 Å². The van der Waals surface area contributed by atoms with E-state index in [1.165, 1.54) is 24.1 Å². The van der Waals surface area contributed by atoms with Crippen LogP contribution in [-0.2, 0) is 27.5 Å². The van der Waals surface area contributed by atoms with Gasteiger partial charge in [-0.3, -0.25) is 14.7 Å². The molecule has 1 aromatic heterocycles. The number of aryl methyl sites for hydroxylation is 1. The highest BCUT2D eigenvalue weighted by atomic mass is 19.1. The van der Waals surface area contributed by atoms with Crippen molar-refractivity contribution in [3.8, 4) is 5.75 Å². The van der Waals surface area contributed by atoms with Gasteiger partial charge in [-0.05, 0) is 25.1 Å². The summed E-state index contributed by atoms with van der Waals surface area (Å²) in [6.07, 6.45) is 0.466. The van der Waals surface area contributed by atoms with E-state index in [0.717, 1.165) is 0 Å². The van der Waals surface area contributed by atoms with Crippen molar-refractivity contribution in [3.05, 3.63) is 47.0 Å². The van der Waals surface area contributed by atoms with Gasteiger partial charge < -0.3 is 35.0 Å². The van der Waals surface area contributed by atoms with Crippen LogP contribution in [0, 0.1) is 12.7 Å². The summed E-state index contributed by atoms with van der Waals surface area (Å²) in [4.78, 5) is 30.0. The fourth-order valence-corrected chi connectivity index (χ4v) is 3.82. The Bertz CT molecular complexity index is 1080. The standard InChI is InChI=1S/C16H20FN3O4.C8H11NO3/c1-11(21)18-9-13-10-20(16(22)24-13)12-2-3-15(14(17)8-12)19-4-6-23-7-5-19;1-5-8(12)7(4-11)6(3-10)2-9-5/h2-3,8,13H,4-7,9-10H2,1H3,(H,18,21);2,10-12H,3-4H2,1H3/t13-;/m0./s1. The lowest BCUT2D eigenvalue weighted by Crippen LogP contribution is -2.36. The number of halogens is 1. The number of aromatic nitrogens is 1. The van der Waals surface area contributed by atoms with E-state index in [9.17, 15) is 19.1 Å². The number of pyridine rings is 1. The van der Waals surface area contributed by atoms with E-state index in [0.29, 0.717) is 54.5 Å². The highest BCUT2D eigenvalue weighted by Gasteiger charge is 2.33. The number of carbonyl (C=O) groups excluding carboxylic acids is 2. The molecule has 2 fully saturated rings. The van der Waals surface area contributed by atoms with Crippen molar-refractivity contribution < 1.29 is 38.8 Å². The third-order valence-electron chi connectivity index (χ3n) is 5.81. The highest BCUT2D eigenvalue weighted by Crippen LogP contribution is 2.28. The largest absolute Gasteiger partial charge is 0.506 e. The molecule has 1 atom stereocenters. The first kappa shape index (κ1) is 27.1. The Kier molecular flexibility index (Phi) is 9.39. The second-order valence-electron chi connectivity index (χ2n) is 8.30. The molecule has 2 amide bonds. The first-order valence-corrected chi connectivity index (χ1v) is 11.5. The minimum atomic E-state index is -0.538. The van der Waals surface area contributed by atoms with Crippen molar-refractivity contribution in [1.29, 1.82) is 0 Å². The Morgan fingerprint density at radius 2 is 1.97 bits per heavy atom. The van der Waals surface area contributed by atoms with Crippen LogP contribution in [0.1, 0.15) is 23.7 Å². The van der Waals surface area contributed by atoms with Gasteiger partial charge in [-0.15, -0.1) is 0 Å².